The van der Waals surface area contributed by atoms with Crippen LogP contribution in [0, 0.1) is 0 Å². The molecule has 1 aromatic heterocycles. The summed E-state index contributed by atoms with van der Waals surface area (Å²) in [5.74, 6) is -0.0444. The molecule has 40 heavy (non-hydrogen) atoms. The molecule has 5 aromatic rings. The second-order valence-electron chi connectivity index (χ2n) is 8.81. The number of hydrogen-bond acceptors (Lipinski definition) is 6. The quantitative estimate of drug-likeness (QED) is 0.117. The zero-order valence-electron chi connectivity index (χ0n) is 21.8. The van der Waals surface area contributed by atoms with Crippen LogP contribution in [0.1, 0.15) is 27.2 Å². The predicted octanol–water partition coefficient (Wildman–Crippen LogP) is 7.63. The van der Waals surface area contributed by atoms with E-state index in [1.165, 1.54) is 7.11 Å². The first-order chi connectivity index (χ1) is 19.6. The number of esters is 1. The van der Waals surface area contributed by atoms with Crippen molar-refractivity contribution in [1.82, 2.24) is 4.98 Å². The van der Waals surface area contributed by atoms with Crippen molar-refractivity contribution in [3.63, 3.8) is 0 Å². The lowest BCUT2D eigenvalue weighted by Gasteiger charge is -2.14. The molecule has 0 bridgehead atoms. The Balaban J connectivity index is 1.54. The Bertz CT molecular complexity index is 1580. The number of carbonyl (C=O) groups excluding carboxylic acids is 1. The van der Waals surface area contributed by atoms with Crippen LogP contribution in [0.4, 0.5) is 5.69 Å². The molecule has 0 saturated heterocycles. The lowest BCUT2D eigenvalue weighted by molar-refractivity contribution is 0.0594. The normalized spacial score (nSPS) is 10.4. The molecule has 0 aliphatic rings. The Morgan fingerprint density at radius 2 is 1.45 bits per heavy atom. The molecule has 0 atom stereocenters. The van der Waals surface area contributed by atoms with Crippen molar-refractivity contribution < 1.29 is 14.3 Å². The van der Waals surface area contributed by atoms with Crippen LogP contribution in [0.25, 0.3) is 11.3 Å². The zero-order valence-corrected chi connectivity index (χ0v) is 22.5. The summed E-state index contributed by atoms with van der Waals surface area (Å²) >= 11 is 6.48. The molecule has 1 N–H and O–H groups in total. The number of nitrogens with one attached hydrogen (secondary N) is 1. The molecule has 0 radical (unpaired) electrons. The van der Waals surface area contributed by atoms with Crippen molar-refractivity contribution >= 4 is 29.0 Å². The maximum atomic E-state index is 12.3. The minimum absolute atomic E-state index is 0.167. The van der Waals surface area contributed by atoms with Crippen molar-refractivity contribution in [3.05, 3.63) is 149 Å². The van der Waals surface area contributed by atoms with Crippen LogP contribution >= 0.6 is 11.6 Å². The highest BCUT2D eigenvalue weighted by Gasteiger charge is 2.16. The van der Waals surface area contributed by atoms with Gasteiger partial charge in [0.15, 0.2) is 0 Å². The first-order valence-electron chi connectivity index (χ1n) is 12.6. The van der Waals surface area contributed by atoms with E-state index in [1.54, 1.807) is 24.3 Å². The zero-order chi connectivity index (χ0) is 27.7. The van der Waals surface area contributed by atoms with Crippen LogP contribution in [-0.2, 0) is 11.3 Å². The van der Waals surface area contributed by atoms with Crippen molar-refractivity contribution in [1.29, 1.82) is 0 Å². The molecule has 0 unspecified atom stereocenters. The van der Waals surface area contributed by atoms with Gasteiger partial charge in [-0.25, -0.2) is 9.78 Å². The van der Waals surface area contributed by atoms with E-state index >= 15 is 0 Å². The SMILES string of the molecule is COC(=O)c1ccc(NN=C(c2ccccc2)c2ccccc2)c(-c2ccc(Cl)c(OCc3ccccc3)c2)n1. The number of hydrazone groups is 1. The van der Waals surface area contributed by atoms with E-state index < -0.39 is 5.97 Å². The lowest BCUT2D eigenvalue weighted by atomic mass is 10.0. The number of benzene rings is 4. The predicted molar refractivity (Wildman–Crippen MR) is 159 cm³/mol. The highest BCUT2D eigenvalue weighted by molar-refractivity contribution is 6.32. The number of halogens is 1. The molecule has 5 rings (SSSR count). The summed E-state index contributed by atoms with van der Waals surface area (Å²) in [5.41, 5.74) is 8.80. The molecular formula is C33H26ClN3O3. The van der Waals surface area contributed by atoms with E-state index in [1.807, 2.05) is 97.1 Å². The number of carbonyl (C=O) groups is 1. The van der Waals surface area contributed by atoms with Gasteiger partial charge in [0.1, 0.15) is 18.1 Å². The topological polar surface area (TPSA) is 72.8 Å². The number of nitrogens with zero attached hydrogens (tertiary/aromatic N) is 2. The number of aromatic nitrogens is 1. The van der Waals surface area contributed by atoms with Crippen LogP contribution in [0.2, 0.25) is 5.02 Å². The third-order valence-electron chi connectivity index (χ3n) is 6.11. The van der Waals surface area contributed by atoms with Crippen molar-refractivity contribution in [2.24, 2.45) is 5.10 Å². The van der Waals surface area contributed by atoms with Gasteiger partial charge in [-0.1, -0.05) is 109 Å². The van der Waals surface area contributed by atoms with Gasteiger partial charge in [-0.2, -0.15) is 5.10 Å². The molecule has 0 saturated carbocycles. The third kappa shape index (κ3) is 6.37. The van der Waals surface area contributed by atoms with Gasteiger partial charge < -0.3 is 9.47 Å². The largest absolute Gasteiger partial charge is 0.487 e. The fourth-order valence-electron chi connectivity index (χ4n) is 4.09. The summed E-state index contributed by atoms with van der Waals surface area (Å²) in [4.78, 5) is 17.0. The lowest BCUT2D eigenvalue weighted by Crippen LogP contribution is -2.09. The summed E-state index contributed by atoms with van der Waals surface area (Å²) in [5, 5.41) is 5.25. The Kier molecular flexibility index (Phi) is 8.49. The standard InChI is InChI=1S/C33H26ClN3O3/c1-39-33(38)29-20-19-28(36-37-31(24-13-7-3-8-14-24)25-15-9-4-10-16-25)32(35-29)26-17-18-27(34)30(21-26)40-22-23-11-5-2-6-12-23/h2-21,36H,22H2,1H3. The summed E-state index contributed by atoms with van der Waals surface area (Å²) in [6, 6.07) is 38.4. The van der Waals surface area contributed by atoms with Gasteiger partial charge in [-0.15, -0.1) is 0 Å². The second-order valence-corrected chi connectivity index (χ2v) is 9.22. The van der Waals surface area contributed by atoms with Gasteiger partial charge in [-0.05, 0) is 29.8 Å². The van der Waals surface area contributed by atoms with Crippen LogP contribution < -0.4 is 10.2 Å². The minimum atomic E-state index is -0.542. The average Bonchev–Trinajstić information content (AvgIpc) is 3.02. The molecule has 0 aliphatic heterocycles. The number of methoxy groups -OCH3 is 1. The summed E-state index contributed by atoms with van der Waals surface area (Å²) in [7, 11) is 1.32. The van der Waals surface area contributed by atoms with Gasteiger partial charge >= 0.3 is 5.97 Å². The Hall–Kier alpha value is -4.94. The highest BCUT2D eigenvalue weighted by Crippen LogP contribution is 2.34. The maximum Gasteiger partial charge on any atom is 0.356 e. The van der Waals surface area contributed by atoms with Gasteiger partial charge in [0.2, 0.25) is 0 Å². The summed E-state index contributed by atoms with van der Waals surface area (Å²) in [6.45, 7) is 0.354. The molecule has 6 nitrogen and oxygen atoms in total. The fraction of sp³-hybridized carbons (Fsp3) is 0.0606. The molecule has 0 aliphatic carbocycles. The Labute approximate surface area is 237 Å². The minimum Gasteiger partial charge on any atom is -0.487 e. The molecule has 4 aromatic carbocycles. The maximum absolute atomic E-state index is 12.3. The first kappa shape index (κ1) is 26.7. The molecule has 0 spiro atoms. The van der Waals surface area contributed by atoms with E-state index in [-0.39, 0.29) is 5.69 Å². The van der Waals surface area contributed by atoms with Crippen molar-refractivity contribution in [2.45, 2.75) is 6.61 Å². The summed E-state index contributed by atoms with van der Waals surface area (Å²) in [6.07, 6.45) is 0. The molecule has 198 valence electrons. The van der Waals surface area contributed by atoms with Gasteiger partial charge in [-0.3, -0.25) is 5.43 Å². The van der Waals surface area contributed by atoms with E-state index in [0.29, 0.717) is 34.3 Å². The van der Waals surface area contributed by atoms with Crippen LogP contribution in [-0.4, -0.2) is 23.8 Å². The number of anilines is 1. The van der Waals surface area contributed by atoms with Gasteiger partial charge in [0, 0.05) is 16.7 Å². The van der Waals surface area contributed by atoms with Crippen molar-refractivity contribution in [2.75, 3.05) is 12.5 Å². The van der Waals surface area contributed by atoms with E-state index in [4.69, 9.17) is 26.2 Å². The second kappa shape index (κ2) is 12.7. The monoisotopic (exact) mass is 547 g/mol. The van der Waals surface area contributed by atoms with Gasteiger partial charge in [0.25, 0.3) is 0 Å². The van der Waals surface area contributed by atoms with E-state index in [2.05, 4.69) is 10.4 Å². The van der Waals surface area contributed by atoms with Crippen LogP contribution in [0.3, 0.4) is 0 Å². The molecule has 0 amide bonds. The molecule has 7 heteroatoms. The van der Waals surface area contributed by atoms with Crippen LogP contribution in [0.15, 0.2) is 126 Å². The average molecular weight is 548 g/mol. The van der Waals surface area contributed by atoms with Gasteiger partial charge in [0.05, 0.1) is 29.2 Å². The van der Waals surface area contributed by atoms with E-state index in [9.17, 15) is 4.79 Å². The fourth-order valence-corrected chi connectivity index (χ4v) is 4.26. The molecular weight excluding hydrogens is 522 g/mol. The Morgan fingerprint density at radius 3 is 2.08 bits per heavy atom. The molecule has 1 heterocycles. The number of pyridine rings is 1. The van der Waals surface area contributed by atoms with E-state index in [0.717, 1.165) is 22.4 Å². The number of ether oxygens (including phenoxy) is 2. The van der Waals surface area contributed by atoms with Crippen LogP contribution in [0.5, 0.6) is 5.75 Å². The number of rotatable bonds is 9. The highest BCUT2D eigenvalue weighted by atomic mass is 35.5. The number of hydrogen-bond donors (Lipinski definition) is 1. The molecule has 0 fully saturated rings. The Morgan fingerprint density at radius 1 is 0.825 bits per heavy atom. The smallest absolute Gasteiger partial charge is 0.356 e. The first-order valence-corrected chi connectivity index (χ1v) is 13.0. The van der Waals surface area contributed by atoms with Crippen molar-refractivity contribution in [3.8, 4) is 17.0 Å². The third-order valence-corrected chi connectivity index (χ3v) is 6.43. The summed E-state index contributed by atoms with van der Waals surface area (Å²) < 4.78 is 11.0.